The molecule has 1 rings (SSSR count). The van der Waals surface area contributed by atoms with E-state index in [1.807, 2.05) is 0 Å². The molecule has 106 valence electrons. The quantitative estimate of drug-likeness (QED) is 0.664. The maximum absolute atomic E-state index is 11.9. The molecule has 1 saturated heterocycles. The third-order valence-corrected chi connectivity index (χ3v) is 4.47. The zero-order valence-electron chi connectivity index (χ0n) is 10.4. The number of aliphatic hydroxyl groups excluding tert-OH is 1. The molecule has 18 heavy (non-hydrogen) atoms. The van der Waals surface area contributed by atoms with E-state index in [1.54, 1.807) is 13.8 Å². The Bertz CT molecular complexity index is 393. The first-order valence-electron chi connectivity index (χ1n) is 5.76. The standard InChI is InChI=1S/C10H19NO6S/c1-7(2)17-3-4-18(15,16)11-6-8(12)5-9(11)10(13)14/h7-9,12H,3-6H2,1-2H3,(H,13,14)/t8-,9+/m1/s1. The van der Waals surface area contributed by atoms with Crippen LogP contribution in [0.3, 0.4) is 0 Å². The molecule has 2 atom stereocenters. The van der Waals surface area contributed by atoms with Gasteiger partial charge in [0.15, 0.2) is 0 Å². The molecule has 2 N–H and O–H groups in total. The minimum Gasteiger partial charge on any atom is -0.480 e. The van der Waals surface area contributed by atoms with Gasteiger partial charge in [-0.3, -0.25) is 4.79 Å². The van der Waals surface area contributed by atoms with Gasteiger partial charge >= 0.3 is 5.97 Å². The molecule has 8 heteroatoms. The van der Waals surface area contributed by atoms with Crippen LogP contribution in [0, 0.1) is 0 Å². The summed E-state index contributed by atoms with van der Waals surface area (Å²) in [6.45, 7) is 3.42. The number of hydrogen-bond donors (Lipinski definition) is 2. The lowest BCUT2D eigenvalue weighted by atomic mass is 10.2. The van der Waals surface area contributed by atoms with Crippen molar-refractivity contribution in [3.8, 4) is 0 Å². The predicted molar refractivity (Wildman–Crippen MR) is 63.6 cm³/mol. The van der Waals surface area contributed by atoms with Gasteiger partial charge in [0.05, 0.1) is 24.6 Å². The molecule has 7 nitrogen and oxygen atoms in total. The van der Waals surface area contributed by atoms with E-state index in [9.17, 15) is 18.3 Å². The fourth-order valence-corrected chi connectivity index (χ4v) is 3.33. The van der Waals surface area contributed by atoms with E-state index in [0.29, 0.717) is 0 Å². The number of carboxylic acids is 1. The third-order valence-electron chi connectivity index (χ3n) is 2.67. The first kappa shape index (κ1) is 15.4. The Hall–Kier alpha value is -0.700. The lowest BCUT2D eigenvalue weighted by Crippen LogP contribution is -2.42. The summed E-state index contributed by atoms with van der Waals surface area (Å²) in [4.78, 5) is 10.9. The largest absolute Gasteiger partial charge is 0.480 e. The van der Waals surface area contributed by atoms with Gasteiger partial charge in [0, 0.05) is 13.0 Å². The second kappa shape index (κ2) is 5.96. The Kier molecular flexibility index (Phi) is 5.09. The molecule has 0 radical (unpaired) electrons. The number of sulfonamides is 1. The molecule has 0 aromatic rings. The molecule has 0 saturated carbocycles. The van der Waals surface area contributed by atoms with Gasteiger partial charge in [0.1, 0.15) is 6.04 Å². The monoisotopic (exact) mass is 281 g/mol. The van der Waals surface area contributed by atoms with E-state index in [4.69, 9.17) is 9.84 Å². The van der Waals surface area contributed by atoms with E-state index >= 15 is 0 Å². The number of aliphatic carboxylic acids is 1. The molecule has 0 aromatic heterocycles. The minimum absolute atomic E-state index is 0.0128. The van der Waals surface area contributed by atoms with Gasteiger partial charge in [-0.25, -0.2) is 8.42 Å². The van der Waals surface area contributed by atoms with Crippen molar-refractivity contribution in [2.45, 2.75) is 38.5 Å². The predicted octanol–water partition coefficient (Wildman–Crippen LogP) is -0.739. The SMILES string of the molecule is CC(C)OCCS(=O)(=O)N1C[C@H](O)C[C@H]1C(=O)O. The topological polar surface area (TPSA) is 104 Å². The lowest BCUT2D eigenvalue weighted by Gasteiger charge is -2.20. The van der Waals surface area contributed by atoms with Crippen LogP contribution in [0.5, 0.6) is 0 Å². The molecule has 0 unspecified atom stereocenters. The first-order valence-corrected chi connectivity index (χ1v) is 7.37. The average Bonchev–Trinajstić information content (AvgIpc) is 2.60. The molecular weight excluding hydrogens is 262 g/mol. The van der Waals surface area contributed by atoms with Gasteiger partial charge < -0.3 is 14.9 Å². The highest BCUT2D eigenvalue weighted by atomic mass is 32.2. The van der Waals surface area contributed by atoms with Gasteiger partial charge in [-0.1, -0.05) is 0 Å². The normalized spacial score (nSPS) is 25.8. The summed E-state index contributed by atoms with van der Waals surface area (Å²) in [5.74, 6) is -1.51. The van der Waals surface area contributed by atoms with Crippen molar-refractivity contribution in [3.05, 3.63) is 0 Å². The fraction of sp³-hybridized carbons (Fsp3) is 0.900. The van der Waals surface area contributed by atoms with Crippen molar-refractivity contribution in [1.29, 1.82) is 0 Å². The third kappa shape index (κ3) is 3.91. The Morgan fingerprint density at radius 3 is 2.61 bits per heavy atom. The highest BCUT2D eigenvalue weighted by Crippen LogP contribution is 2.22. The van der Waals surface area contributed by atoms with Crippen LogP contribution in [-0.4, -0.2) is 66.1 Å². The van der Waals surface area contributed by atoms with E-state index in [2.05, 4.69) is 0 Å². The van der Waals surface area contributed by atoms with E-state index in [-0.39, 0.29) is 31.4 Å². The molecule has 1 aliphatic heterocycles. The molecule has 0 aromatic carbocycles. The van der Waals surface area contributed by atoms with Gasteiger partial charge in [-0.2, -0.15) is 4.31 Å². The van der Waals surface area contributed by atoms with Crippen LogP contribution in [0.15, 0.2) is 0 Å². The van der Waals surface area contributed by atoms with Crippen molar-refractivity contribution in [2.75, 3.05) is 18.9 Å². The highest BCUT2D eigenvalue weighted by Gasteiger charge is 2.42. The van der Waals surface area contributed by atoms with E-state index < -0.39 is 28.1 Å². The van der Waals surface area contributed by atoms with Crippen molar-refractivity contribution in [1.82, 2.24) is 4.31 Å². The Morgan fingerprint density at radius 2 is 2.11 bits per heavy atom. The number of carboxylic acid groups (broad SMARTS) is 1. The summed E-state index contributed by atoms with van der Waals surface area (Å²) in [7, 11) is -3.72. The van der Waals surface area contributed by atoms with E-state index in [1.165, 1.54) is 0 Å². The van der Waals surface area contributed by atoms with E-state index in [0.717, 1.165) is 4.31 Å². The van der Waals surface area contributed by atoms with Gasteiger partial charge in [0.25, 0.3) is 0 Å². The van der Waals surface area contributed by atoms with Crippen LogP contribution in [-0.2, 0) is 19.6 Å². The molecular formula is C10H19NO6S. The van der Waals surface area contributed by atoms with Gasteiger partial charge in [0.2, 0.25) is 10.0 Å². The molecule has 0 aliphatic carbocycles. The molecule has 0 spiro atoms. The second-order valence-electron chi connectivity index (χ2n) is 4.55. The second-order valence-corrected chi connectivity index (χ2v) is 6.59. The summed E-state index contributed by atoms with van der Waals surface area (Å²) in [5, 5.41) is 18.3. The van der Waals surface area contributed by atoms with Crippen molar-refractivity contribution < 1.29 is 28.2 Å². The van der Waals surface area contributed by atoms with Crippen molar-refractivity contribution in [3.63, 3.8) is 0 Å². The first-order chi connectivity index (χ1) is 8.24. The summed E-state index contributed by atoms with van der Waals surface area (Å²) in [6, 6.07) is -1.18. The van der Waals surface area contributed by atoms with Crippen molar-refractivity contribution >= 4 is 16.0 Å². The Morgan fingerprint density at radius 1 is 1.50 bits per heavy atom. The van der Waals surface area contributed by atoms with Crippen LogP contribution < -0.4 is 0 Å². The van der Waals surface area contributed by atoms with Crippen LogP contribution in [0.4, 0.5) is 0 Å². The highest BCUT2D eigenvalue weighted by molar-refractivity contribution is 7.89. The number of carbonyl (C=O) groups is 1. The summed E-state index contributed by atoms with van der Waals surface area (Å²) < 4.78 is 29.9. The Balaban J connectivity index is 2.68. The number of hydrogen-bond acceptors (Lipinski definition) is 5. The van der Waals surface area contributed by atoms with Gasteiger partial charge in [-0.05, 0) is 13.8 Å². The van der Waals surface area contributed by atoms with Crippen LogP contribution in [0.1, 0.15) is 20.3 Å². The molecule has 1 fully saturated rings. The van der Waals surface area contributed by atoms with Crippen LogP contribution >= 0.6 is 0 Å². The Labute approximate surface area is 106 Å². The number of β-amino-alcohol motifs (C(OH)–C–C–N with tert-alkyl or cyclic N) is 1. The fourth-order valence-electron chi connectivity index (χ4n) is 1.82. The zero-order chi connectivity index (χ0) is 13.9. The zero-order valence-corrected chi connectivity index (χ0v) is 11.3. The van der Waals surface area contributed by atoms with Crippen LogP contribution in [0.25, 0.3) is 0 Å². The van der Waals surface area contributed by atoms with Gasteiger partial charge in [-0.15, -0.1) is 0 Å². The maximum Gasteiger partial charge on any atom is 0.322 e. The summed E-state index contributed by atoms with van der Waals surface area (Å²) >= 11 is 0. The number of ether oxygens (including phenoxy) is 1. The summed E-state index contributed by atoms with van der Waals surface area (Å²) in [6.07, 6.45) is -1.08. The maximum atomic E-state index is 11.9. The lowest BCUT2D eigenvalue weighted by molar-refractivity contribution is -0.140. The smallest absolute Gasteiger partial charge is 0.322 e. The summed E-state index contributed by atoms with van der Waals surface area (Å²) in [5.41, 5.74) is 0. The van der Waals surface area contributed by atoms with Crippen molar-refractivity contribution in [2.24, 2.45) is 0 Å². The molecule has 1 heterocycles. The number of nitrogens with zero attached hydrogens (tertiary/aromatic N) is 1. The average molecular weight is 281 g/mol. The molecule has 1 aliphatic rings. The molecule has 0 amide bonds. The number of aliphatic hydroxyl groups is 1. The minimum atomic E-state index is -3.72. The molecule has 0 bridgehead atoms. The van der Waals surface area contributed by atoms with Crippen LogP contribution in [0.2, 0.25) is 0 Å². The number of rotatable bonds is 6.